The summed E-state index contributed by atoms with van der Waals surface area (Å²) in [4.78, 5) is 13.5. The molecule has 0 spiro atoms. The number of nitrogens with zero attached hydrogens (tertiary/aromatic N) is 4. The van der Waals surface area contributed by atoms with E-state index in [1.165, 1.54) is 18.5 Å². The molecule has 2 aromatic rings. The Morgan fingerprint density at radius 1 is 1.24 bits per heavy atom. The highest BCUT2D eigenvalue weighted by Gasteiger charge is 2.40. The maximum atomic E-state index is 14.5. The lowest BCUT2D eigenvalue weighted by Gasteiger charge is -2.30. The van der Waals surface area contributed by atoms with Gasteiger partial charge in [-0.05, 0) is 45.1 Å². The number of nitrogen functional groups attached to an aromatic ring is 1. The van der Waals surface area contributed by atoms with E-state index < -0.39 is 5.82 Å². The minimum absolute atomic E-state index is 0.125. The first-order valence-corrected chi connectivity index (χ1v) is 13.7. The van der Waals surface area contributed by atoms with Crippen molar-refractivity contribution in [1.29, 1.82) is 5.41 Å². The van der Waals surface area contributed by atoms with Crippen LogP contribution < -0.4 is 20.7 Å². The smallest absolute Gasteiger partial charge is 0.167 e. The molecule has 0 amide bonds. The third-order valence-electron chi connectivity index (χ3n) is 6.97. The van der Waals surface area contributed by atoms with Crippen molar-refractivity contribution in [2.75, 3.05) is 56.4 Å². The second kappa shape index (κ2) is 13.1. The summed E-state index contributed by atoms with van der Waals surface area (Å²) >= 11 is 0. The Morgan fingerprint density at radius 2 is 1.95 bits per heavy atom. The van der Waals surface area contributed by atoms with E-state index >= 15 is 0 Å². The van der Waals surface area contributed by atoms with E-state index in [-0.39, 0.29) is 22.7 Å². The van der Waals surface area contributed by atoms with Gasteiger partial charge in [0.1, 0.15) is 17.7 Å². The van der Waals surface area contributed by atoms with Gasteiger partial charge in [0, 0.05) is 69.2 Å². The Labute approximate surface area is 221 Å². The van der Waals surface area contributed by atoms with Crippen LogP contribution >= 0.6 is 0 Å². The molecule has 1 aliphatic heterocycles. The molecule has 1 unspecified atom stereocenters. The summed E-state index contributed by atoms with van der Waals surface area (Å²) in [6.07, 6.45) is 4.31. The van der Waals surface area contributed by atoms with Gasteiger partial charge < -0.3 is 25.6 Å². The highest BCUT2D eigenvalue weighted by atomic mass is 19.1. The summed E-state index contributed by atoms with van der Waals surface area (Å²) in [5.74, 6) is 0.969. The average molecular weight is 514 g/mol. The number of benzene rings is 1. The van der Waals surface area contributed by atoms with Crippen molar-refractivity contribution in [2.45, 2.75) is 59.5 Å². The monoisotopic (exact) mass is 513 g/mol. The largest absolute Gasteiger partial charge is 0.484 e. The number of hydrogen-bond donors (Lipinski definition) is 3. The molecule has 1 atom stereocenters. The van der Waals surface area contributed by atoms with Crippen LogP contribution in [0.1, 0.15) is 65.1 Å². The number of hydrogen-bond acceptors (Lipinski definition) is 8. The summed E-state index contributed by atoms with van der Waals surface area (Å²) in [5, 5.41) is 12.2. The molecule has 9 heteroatoms. The van der Waals surface area contributed by atoms with Crippen molar-refractivity contribution in [3.8, 4) is 5.75 Å². The molecule has 1 aromatic heterocycles. The second-order valence-corrected chi connectivity index (χ2v) is 10.1. The van der Waals surface area contributed by atoms with Gasteiger partial charge in [0.05, 0.1) is 11.4 Å². The average Bonchev–Trinajstić information content (AvgIpc) is 3.64. The number of nitrogens with one attached hydrogen (secondary N) is 2. The normalized spacial score (nSPS) is 17.4. The van der Waals surface area contributed by atoms with Crippen LogP contribution in [0.5, 0.6) is 5.75 Å². The Balaban J connectivity index is 0.00000186. The number of halogens is 1. The summed E-state index contributed by atoms with van der Waals surface area (Å²) in [6.45, 7) is 17.5. The summed E-state index contributed by atoms with van der Waals surface area (Å²) in [6, 6.07) is 4.57. The zero-order chi connectivity index (χ0) is 27.0. The molecule has 204 valence electrons. The van der Waals surface area contributed by atoms with E-state index in [0.29, 0.717) is 17.2 Å². The molecule has 2 heterocycles. The van der Waals surface area contributed by atoms with Crippen LogP contribution in [-0.4, -0.2) is 72.0 Å². The van der Waals surface area contributed by atoms with Crippen LogP contribution in [0.4, 0.5) is 15.9 Å². The number of aromatic nitrogens is 2. The fraction of sp³-hybridized carbons (Fsp3) is 0.607. The molecule has 4 N–H and O–H groups in total. The number of nitrogens with two attached hydrogens (primary N) is 1. The van der Waals surface area contributed by atoms with Crippen molar-refractivity contribution in [1.82, 2.24) is 20.2 Å². The van der Waals surface area contributed by atoms with Gasteiger partial charge in [-0.25, -0.2) is 14.4 Å². The van der Waals surface area contributed by atoms with E-state index in [1.54, 1.807) is 0 Å². The lowest BCUT2D eigenvalue weighted by molar-refractivity contribution is 0.191. The second-order valence-electron chi connectivity index (χ2n) is 10.1. The SMILES string of the molecule is CC.CCN(CCC(C)CN1CCNCC1)c1cc(C(=N)c2cc(OC3(C)CC3)c(F)cc2N)ncn1. The van der Waals surface area contributed by atoms with Crippen LogP contribution in [-0.2, 0) is 0 Å². The third-order valence-corrected chi connectivity index (χ3v) is 6.97. The van der Waals surface area contributed by atoms with Gasteiger partial charge in [-0.1, -0.05) is 20.8 Å². The molecule has 1 saturated carbocycles. The van der Waals surface area contributed by atoms with Crippen molar-refractivity contribution >= 4 is 17.2 Å². The van der Waals surface area contributed by atoms with Gasteiger partial charge in [-0.2, -0.15) is 0 Å². The molecule has 1 aromatic carbocycles. The van der Waals surface area contributed by atoms with Gasteiger partial charge >= 0.3 is 0 Å². The first-order chi connectivity index (χ1) is 17.8. The molecule has 4 rings (SSSR count). The number of rotatable bonds is 11. The molecular formula is C28H44FN7O. The minimum Gasteiger partial charge on any atom is -0.484 e. The van der Waals surface area contributed by atoms with E-state index in [4.69, 9.17) is 15.9 Å². The van der Waals surface area contributed by atoms with Crippen LogP contribution in [0.3, 0.4) is 0 Å². The fourth-order valence-corrected chi connectivity index (χ4v) is 4.44. The zero-order valence-corrected chi connectivity index (χ0v) is 23.1. The Bertz CT molecular complexity index is 1040. The molecule has 1 saturated heterocycles. The predicted octanol–water partition coefficient (Wildman–Crippen LogP) is 4.33. The van der Waals surface area contributed by atoms with Gasteiger partial charge in [0.15, 0.2) is 11.6 Å². The van der Waals surface area contributed by atoms with Gasteiger partial charge in [0.25, 0.3) is 0 Å². The molecule has 1 aliphatic carbocycles. The first kappa shape index (κ1) is 28.8. The maximum absolute atomic E-state index is 14.5. The first-order valence-electron chi connectivity index (χ1n) is 13.7. The van der Waals surface area contributed by atoms with Crippen molar-refractivity contribution in [3.63, 3.8) is 0 Å². The molecule has 0 radical (unpaired) electrons. The topological polar surface area (TPSA) is 103 Å². The highest BCUT2D eigenvalue weighted by Crippen LogP contribution is 2.41. The number of ether oxygens (including phenoxy) is 1. The predicted molar refractivity (Wildman–Crippen MR) is 149 cm³/mol. The lowest BCUT2D eigenvalue weighted by Crippen LogP contribution is -2.45. The minimum atomic E-state index is -0.511. The van der Waals surface area contributed by atoms with Gasteiger partial charge in [-0.3, -0.25) is 5.41 Å². The van der Waals surface area contributed by atoms with Gasteiger partial charge in [-0.15, -0.1) is 0 Å². The van der Waals surface area contributed by atoms with Crippen LogP contribution in [0.25, 0.3) is 0 Å². The number of piperazine rings is 1. The van der Waals surface area contributed by atoms with Crippen LogP contribution in [0.2, 0.25) is 0 Å². The Morgan fingerprint density at radius 3 is 2.59 bits per heavy atom. The molecule has 2 fully saturated rings. The highest BCUT2D eigenvalue weighted by molar-refractivity contribution is 6.13. The third kappa shape index (κ3) is 7.85. The maximum Gasteiger partial charge on any atom is 0.167 e. The quantitative estimate of drug-likeness (QED) is 0.304. The van der Waals surface area contributed by atoms with Crippen molar-refractivity contribution in [2.24, 2.45) is 5.92 Å². The summed E-state index contributed by atoms with van der Waals surface area (Å²) < 4.78 is 20.3. The standard InChI is InChI=1S/C26H38FN7O.C2H6/c1-4-34(10-5-18(2)16-33-11-8-30-9-12-33)24-15-22(31-17-32-24)25(29)19-13-23(20(27)14-21(19)28)35-26(3)6-7-26;1-2/h13-15,17-18,29-30H,4-12,16,28H2,1-3H3;1-2H3. The Kier molecular flexibility index (Phi) is 10.2. The van der Waals surface area contributed by atoms with E-state index in [1.807, 2.05) is 26.8 Å². The molecule has 37 heavy (non-hydrogen) atoms. The van der Waals surface area contributed by atoms with Crippen LogP contribution in [0.15, 0.2) is 24.5 Å². The molecule has 0 bridgehead atoms. The Hall–Kier alpha value is -2.78. The summed E-state index contributed by atoms with van der Waals surface area (Å²) in [7, 11) is 0. The van der Waals surface area contributed by atoms with E-state index in [0.717, 1.165) is 70.9 Å². The summed E-state index contributed by atoms with van der Waals surface area (Å²) in [5.41, 5.74) is 6.93. The number of anilines is 2. The van der Waals surface area contributed by atoms with E-state index in [2.05, 4.69) is 38.9 Å². The molecule has 8 nitrogen and oxygen atoms in total. The molecular weight excluding hydrogens is 469 g/mol. The fourth-order valence-electron chi connectivity index (χ4n) is 4.44. The van der Waals surface area contributed by atoms with Gasteiger partial charge in [0.2, 0.25) is 0 Å². The van der Waals surface area contributed by atoms with Crippen molar-refractivity contribution in [3.05, 3.63) is 41.6 Å². The van der Waals surface area contributed by atoms with E-state index in [9.17, 15) is 4.39 Å². The van der Waals surface area contributed by atoms with Crippen LogP contribution in [0, 0.1) is 17.1 Å². The molecule has 2 aliphatic rings. The lowest BCUT2D eigenvalue weighted by atomic mass is 10.0. The van der Waals surface area contributed by atoms with Crippen molar-refractivity contribution < 1.29 is 9.13 Å². The zero-order valence-electron chi connectivity index (χ0n) is 23.1.